The Labute approximate surface area is 181 Å². The van der Waals surface area contributed by atoms with Gasteiger partial charge in [0.05, 0.1) is 10.5 Å². The van der Waals surface area contributed by atoms with Crippen LogP contribution in [0.2, 0.25) is 0 Å². The first-order valence-electron chi connectivity index (χ1n) is 11.4. The Morgan fingerprint density at radius 2 is 1.47 bits per heavy atom. The summed E-state index contributed by atoms with van der Waals surface area (Å²) in [7, 11) is 0. The van der Waals surface area contributed by atoms with Crippen molar-refractivity contribution in [2.75, 3.05) is 18.0 Å². The number of nitro groups is 1. The van der Waals surface area contributed by atoms with Crippen LogP contribution < -0.4 is 4.90 Å². The standard InChI is InChI=1S/C26H36N2O2/c1-3-5-7-12-20-27(21-13-8-6-4-2)25-19-18-24(26(22-25)28(29)30)17-16-23-14-10-9-11-15-23/h9-11,14-19,22H,3-8,12-13,20-21H2,1-2H3/b17-16+. The molecule has 4 nitrogen and oxygen atoms in total. The molecular formula is C26H36N2O2. The first kappa shape index (κ1) is 23.7. The van der Waals surface area contributed by atoms with Gasteiger partial charge in [-0.25, -0.2) is 0 Å². The fourth-order valence-corrected chi connectivity index (χ4v) is 3.61. The molecule has 162 valence electrons. The van der Waals surface area contributed by atoms with Crippen LogP contribution in [-0.2, 0) is 0 Å². The first-order valence-corrected chi connectivity index (χ1v) is 11.4. The zero-order valence-corrected chi connectivity index (χ0v) is 18.6. The lowest BCUT2D eigenvalue weighted by Crippen LogP contribution is -2.25. The van der Waals surface area contributed by atoms with Gasteiger partial charge in [0.15, 0.2) is 0 Å². The third-order valence-electron chi connectivity index (χ3n) is 5.39. The van der Waals surface area contributed by atoms with Crippen molar-refractivity contribution in [3.63, 3.8) is 0 Å². The molecule has 2 rings (SSSR count). The van der Waals surface area contributed by atoms with Gasteiger partial charge >= 0.3 is 0 Å². The van der Waals surface area contributed by atoms with Crippen LogP contribution in [0.1, 0.15) is 76.3 Å². The van der Waals surface area contributed by atoms with Crippen molar-refractivity contribution in [1.29, 1.82) is 0 Å². The summed E-state index contributed by atoms with van der Waals surface area (Å²) in [6, 6.07) is 15.6. The normalized spacial score (nSPS) is 11.1. The third-order valence-corrected chi connectivity index (χ3v) is 5.39. The van der Waals surface area contributed by atoms with Crippen molar-refractivity contribution in [3.8, 4) is 0 Å². The molecule has 0 bridgehead atoms. The fourth-order valence-electron chi connectivity index (χ4n) is 3.61. The molecule has 0 heterocycles. The number of nitrogens with zero attached hydrogens (tertiary/aromatic N) is 2. The van der Waals surface area contributed by atoms with Crippen LogP contribution in [0, 0.1) is 10.1 Å². The molecule has 0 radical (unpaired) electrons. The van der Waals surface area contributed by atoms with Crippen LogP contribution in [0.3, 0.4) is 0 Å². The number of hydrogen-bond donors (Lipinski definition) is 0. The van der Waals surface area contributed by atoms with E-state index in [1.165, 1.54) is 38.5 Å². The van der Waals surface area contributed by atoms with Gasteiger partial charge in [-0.3, -0.25) is 10.1 Å². The molecule has 0 saturated carbocycles. The zero-order chi connectivity index (χ0) is 21.6. The number of anilines is 1. The highest BCUT2D eigenvalue weighted by Crippen LogP contribution is 2.28. The highest BCUT2D eigenvalue weighted by molar-refractivity contribution is 5.76. The lowest BCUT2D eigenvalue weighted by Gasteiger charge is -2.25. The first-order chi connectivity index (χ1) is 14.7. The quantitative estimate of drug-likeness (QED) is 0.139. The molecule has 0 aliphatic carbocycles. The topological polar surface area (TPSA) is 46.4 Å². The van der Waals surface area contributed by atoms with E-state index in [4.69, 9.17) is 0 Å². The van der Waals surface area contributed by atoms with Gasteiger partial charge in [0.1, 0.15) is 0 Å². The summed E-state index contributed by atoms with van der Waals surface area (Å²) in [5.74, 6) is 0. The minimum absolute atomic E-state index is 0.173. The molecule has 0 unspecified atom stereocenters. The van der Waals surface area contributed by atoms with Crippen LogP contribution in [-0.4, -0.2) is 18.0 Å². The maximum atomic E-state index is 11.8. The van der Waals surface area contributed by atoms with Gasteiger partial charge in [-0.1, -0.05) is 88.8 Å². The van der Waals surface area contributed by atoms with E-state index >= 15 is 0 Å². The molecule has 30 heavy (non-hydrogen) atoms. The summed E-state index contributed by atoms with van der Waals surface area (Å²) in [6.45, 7) is 6.35. The Bertz CT molecular complexity index is 775. The van der Waals surface area contributed by atoms with E-state index in [1.54, 1.807) is 6.07 Å². The molecule has 0 N–H and O–H groups in total. The molecule has 0 saturated heterocycles. The summed E-state index contributed by atoms with van der Waals surface area (Å²) >= 11 is 0. The van der Waals surface area contributed by atoms with Crippen molar-refractivity contribution in [3.05, 3.63) is 69.8 Å². The Balaban J connectivity index is 2.19. The lowest BCUT2D eigenvalue weighted by molar-refractivity contribution is -0.385. The van der Waals surface area contributed by atoms with Crippen molar-refractivity contribution in [2.24, 2.45) is 0 Å². The number of hydrogen-bond acceptors (Lipinski definition) is 3. The number of nitro benzene ring substituents is 1. The summed E-state index contributed by atoms with van der Waals surface area (Å²) < 4.78 is 0. The van der Waals surface area contributed by atoms with E-state index in [2.05, 4.69) is 18.7 Å². The molecule has 4 heteroatoms. The molecule has 0 atom stereocenters. The SMILES string of the molecule is CCCCCCN(CCCCCC)c1ccc(/C=C/c2ccccc2)c([N+](=O)[O-])c1. The second-order valence-corrected chi connectivity index (χ2v) is 7.85. The van der Waals surface area contributed by atoms with Gasteiger partial charge in [0, 0.05) is 24.8 Å². The average molecular weight is 409 g/mol. The van der Waals surface area contributed by atoms with Gasteiger partial charge in [-0.15, -0.1) is 0 Å². The van der Waals surface area contributed by atoms with E-state index in [9.17, 15) is 10.1 Å². The van der Waals surface area contributed by atoms with Crippen molar-refractivity contribution >= 4 is 23.5 Å². The van der Waals surface area contributed by atoms with Crippen LogP contribution in [0.4, 0.5) is 11.4 Å². The van der Waals surface area contributed by atoms with Crippen molar-refractivity contribution in [1.82, 2.24) is 0 Å². The van der Waals surface area contributed by atoms with Crippen LogP contribution in [0.25, 0.3) is 12.2 Å². The van der Waals surface area contributed by atoms with E-state index in [0.29, 0.717) is 5.56 Å². The summed E-state index contributed by atoms with van der Waals surface area (Å²) in [5.41, 5.74) is 2.81. The molecule has 0 amide bonds. The third kappa shape index (κ3) is 8.02. The minimum Gasteiger partial charge on any atom is -0.371 e. The number of unbranched alkanes of at least 4 members (excludes halogenated alkanes) is 6. The van der Waals surface area contributed by atoms with E-state index in [1.807, 2.05) is 54.6 Å². The van der Waals surface area contributed by atoms with E-state index in [0.717, 1.165) is 37.2 Å². The molecular weight excluding hydrogens is 372 g/mol. The highest BCUT2D eigenvalue weighted by Gasteiger charge is 2.16. The zero-order valence-electron chi connectivity index (χ0n) is 18.6. The second kappa shape index (κ2) is 13.6. The Morgan fingerprint density at radius 1 is 0.833 bits per heavy atom. The van der Waals surface area contributed by atoms with Gasteiger partial charge in [-0.05, 0) is 36.6 Å². The predicted octanol–water partition coefficient (Wildman–Crippen LogP) is 7.73. The fraction of sp³-hybridized carbons (Fsp3) is 0.462. The molecule has 0 fully saturated rings. The predicted molar refractivity (Wildman–Crippen MR) is 129 cm³/mol. The molecule has 2 aromatic carbocycles. The summed E-state index contributed by atoms with van der Waals surface area (Å²) in [6.07, 6.45) is 13.4. The minimum atomic E-state index is -0.263. The number of rotatable bonds is 14. The number of benzene rings is 2. The van der Waals surface area contributed by atoms with E-state index in [-0.39, 0.29) is 10.6 Å². The van der Waals surface area contributed by atoms with Gasteiger partial charge in [0.25, 0.3) is 5.69 Å². The molecule has 0 aliphatic heterocycles. The smallest absolute Gasteiger partial charge is 0.278 e. The van der Waals surface area contributed by atoms with Gasteiger partial charge in [0.2, 0.25) is 0 Å². The molecule has 0 aromatic heterocycles. The Morgan fingerprint density at radius 3 is 2.03 bits per heavy atom. The molecule has 0 spiro atoms. The van der Waals surface area contributed by atoms with Crippen molar-refractivity contribution < 1.29 is 4.92 Å². The Hall–Kier alpha value is -2.62. The van der Waals surface area contributed by atoms with Crippen molar-refractivity contribution in [2.45, 2.75) is 65.2 Å². The van der Waals surface area contributed by atoms with E-state index < -0.39 is 0 Å². The largest absolute Gasteiger partial charge is 0.371 e. The van der Waals surface area contributed by atoms with Crippen LogP contribution in [0.15, 0.2) is 48.5 Å². The van der Waals surface area contributed by atoms with Gasteiger partial charge < -0.3 is 4.90 Å². The highest BCUT2D eigenvalue weighted by atomic mass is 16.6. The monoisotopic (exact) mass is 408 g/mol. The van der Waals surface area contributed by atoms with Gasteiger partial charge in [-0.2, -0.15) is 0 Å². The van der Waals surface area contributed by atoms with Crippen LogP contribution >= 0.6 is 0 Å². The molecule has 2 aromatic rings. The lowest BCUT2D eigenvalue weighted by atomic mass is 10.1. The molecule has 0 aliphatic rings. The summed E-state index contributed by atoms with van der Waals surface area (Å²) in [4.78, 5) is 13.8. The maximum Gasteiger partial charge on any atom is 0.278 e. The van der Waals surface area contributed by atoms with Crippen LogP contribution in [0.5, 0.6) is 0 Å². The Kier molecular flexibility index (Phi) is 10.7. The average Bonchev–Trinajstić information content (AvgIpc) is 2.77. The second-order valence-electron chi connectivity index (χ2n) is 7.85. The summed E-state index contributed by atoms with van der Waals surface area (Å²) in [5, 5.41) is 11.8. The maximum absolute atomic E-state index is 11.8.